The molecule has 1 rings (SSSR count). The van der Waals surface area contributed by atoms with E-state index >= 15 is 0 Å². The van der Waals surface area contributed by atoms with Crippen molar-refractivity contribution in [1.29, 1.82) is 5.41 Å². The number of rotatable bonds is 0. The average Bonchev–Trinajstić information content (AvgIpc) is 1.80. The molecule has 1 atom stereocenters. The van der Waals surface area contributed by atoms with Crippen molar-refractivity contribution in [2.24, 2.45) is 0 Å². The third-order valence-corrected chi connectivity index (χ3v) is 1.37. The number of hydrogen-bond donors (Lipinski definition) is 2. The maximum Gasteiger partial charge on any atom is 0.108 e. The van der Waals surface area contributed by atoms with Crippen LogP contribution in [0.15, 0.2) is 23.3 Å². The number of aliphatic hydroxyl groups is 1. The molecule has 0 aromatic heterocycles. The van der Waals surface area contributed by atoms with Gasteiger partial charge >= 0.3 is 0 Å². The lowest BCUT2D eigenvalue weighted by molar-refractivity contribution is 0.267. The van der Waals surface area contributed by atoms with E-state index in [1.54, 1.807) is 0 Å². The largest absolute Gasteiger partial charge is 0.383 e. The van der Waals surface area contributed by atoms with Crippen LogP contribution < -0.4 is 0 Å². The summed E-state index contributed by atoms with van der Waals surface area (Å²) in [5.41, 5.74) is 0.324. The summed E-state index contributed by atoms with van der Waals surface area (Å²) in [5, 5.41) is 16.3. The van der Waals surface area contributed by atoms with E-state index < -0.39 is 6.10 Å². The molecule has 0 bridgehead atoms. The van der Waals surface area contributed by atoms with Crippen LogP contribution in [-0.2, 0) is 0 Å². The zero-order valence-electron chi connectivity index (χ0n) is 4.63. The van der Waals surface area contributed by atoms with Crippen molar-refractivity contribution in [2.45, 2.75) is 6.10 Å². The fourth-order valence-electron chi connectivity index (χ4n) is 0.569. The van der Waals surface area contributed by atoms with Gasteiger partial charge in [0.15, 0.2) is 0 Å². The molecule has 1 aliphatic rings. The number of halogens is 1. The van der Waals surface area contributed by atoms with Crippen molar-refractivity contribution in [3.63, 3.8) is 0 Å². The Bertz CT molecular complexity index is 195. The molecular weight excluding hydrogens is 138 g/mol. The second kappa shape index (κ2) is 2.33. The second-order valence-electron chi connectivity index (χ2n) is 1.79. The predicted octanol–water partition coefficient (Wildman–Crippen LogP) is 1.06. The molecule has 1 aliphatic carbocycles. The summed E-state index contributed by atoms with van der Waals surface area (Å²) in [6.45, 7) is 0. The summed E-state index contributed by atoms with van der Waals surface area (Å²) in [6.07, 6.45) is 3.70. The van der Waals surface area contributed by atoms with E-state index in [1.807, 2.05) is 0 Å². The fraction of sp³-hybridized carbons (Fsp3) is 0.167. The highest BCUT2D eigenvalue weighted by atomic mass is 35.5. The summed E-state index contributed by atoms with van der Waals surface area (Å²) >= 11 is 5.48. The summed E-state index contributed by atoms with van der Waals surface area (Å²) < 4.78 is 0. The van der Waals surface area contributed by atoms with Gasteiger partial charge in [0.05, 0.1) is 10.7 Å². The van der Waals surface area contributed by atoms with Crippen LogP contribution in [0.4, 0.5) is 0 Å². The van der Waals surface area contributed by atoms with E-state index in [0.29, 0.717) is 10.7 Å². The fourth-order valence-corrected chi connectivity index (χ4v) is 0.759. The highest BCUT2D eigenvalue weighted by Crippen LogP contribution is 2.13. The number of aliphatic hydroxyl groups excluding tert-OH is 1. The monoisotopic (exact) mass is 143 g/mol. The number of nitrogens with one attached hydrogen (secondary N) is 1. The van der Waals surface area contributed by atoms with Crippen LogP contribution >= 0.6 is 11.6 Å². The normalized spacial score (nSPS) is 26.2. The minimum absolute atomic E-state index is 0.308. The maximum atomic E-state index is 8.91. The lowest BCUT2D eigenvalue weighted by atomic mass is 10.1. The molecule has 0 heterocycles. The third-order valence-electron chi connectivity index (χ3n) is 1.03. The van der Waals surface area contributed by atoms with Crippen LogP contribution in [-0.4, -0.2) is 16.9 Å². The van der Waals surface area contributed by atoms with Gasteiger partial charge in [-0.2, -0.15) is 0 Å². The smallest absolute Gasteiger partial charge is 0.108 e. The van der Waals surface area contributed by atoms with Gasteiger partial charge in [0.25, 0.3) is 0 Å². The van der Waals surface area contributed by atoms with Crippen LogP contribution in [0.5, 0.6) is 0 Å². The molecule has 0 radical (unpaired) electrons. The Morgan fingerprint density at radius 2 is 2.33 bits per heavy atom. The molecule has 2 N–H and O–H groups in total. The molecule has 0 amide bonds. The molecule has 3 heteroatoms. The predicted molar refractivity (Wildman–Crippen MR) is 36.8 cm³/mol. The molecule has 48 valence electrons. The second-order valence-corrected chi connectivity index (χ2v) is 2.22. The standard InChI is InChI=1S/C6H6ClNO/c7-5-3-4(8)1-2-6(5)9/h1-3,6,8-9H. The van der Waals surface area contributed by atoms with Gasteiger partial charge in [-0.15, -0.1) is 0 Å². The molecule has 0 saturated heterocycles. The quantitative estimate of drug-likeness (QED) is 0.523. The molecule has 2 nitrogen and oxygen atoms in total. The van der Waals surface area contributed by atoms with Crippen molar-refractivity contribution in [3.8, 4) is 0 Å². The van der Waals surface area contributed by atoms with Crippen molar-refractivity contribution in [3.05, 3.63) is 23.3 Å². The average molecular weight is 144 g/mol. The van der Waals surface area contributed by atoms with Crippen LogP contribution in [0, 0.1) is 5.41 Å². The Morgan fingerprint density at radius 3 is 2.78 bits per heavy atom. The first kappa shape index (κ1) is 6.52. The summed E-state index contributed by atoms with van der Waals surface area (Å²) in [7, 11) is 0. The van der Waals surface area contributed by atoms with Gasteiger partial charge in [-0.05, 0) is 18.2 Å². The molecule has 0 spiro atoms. The molecule has 1 unspecified atom stereocenters. The van der Waals surface area contributed by atoms with Gasteiger partial charge in [0.2, 0.25) is 0 Å². The zero-order chi connectivity index (χ0) is 6.85. The van der Waals surface area contributed by atoms with Crippen molar-refractivity contribution in [2.75, 3.05) is 0 Å². The van der Waals surface area contributed by atoms with Gasteiger partial charge in [-0.1, -0.05) is 11.6 Å². The van der Waals surface area contributed by atoms with E-state index in [9.17, 15) is 0 Å². The van der Waals surface area contributed by atoms with Crippen LogP contribution in [0.1, 0.15) is 0 Å². The Morgan fingerprint density at radius 1 is 1.67 bits per heavy atom. The Balaban J connectivity index is 2.82. The van der Waals surface area contributed by atoms with Crippen LogP contribution in [0.25, 0.3) is 0 Å². The van der Waals surface area contributed by atoms with E-state index in [0.717, 1.165) is 0 Å². The Hall–Kier alpha value is -0.600. The van der Waals surface area contributed by atoms with Crippen LogP contribution in [0.2, 0.25) is 0 Å². The molecule has 0 saturated carbocycles. The first-order valence-electron chi connectivity index (χ1n) is 2.52. The van der Waals surface area contributed by atoms with Gasteiger partial charge in [-0.3, -0.25) is 0 Å². The van der Waals surface area contributed by atoms with E-state index in [-0.39, 0.29) is 0 Å². The Kier molecular flexibility index (Phi) is 1.69. The zero-order valence-corrected chi connectivity index (χ0v) is 5.39. The van der Waals surface area contributed by atoms with E-state index in [1.165, 1.54) is 18.2 Å². The van der Waals surface area contributed by atoms with Gasteiger partial charge in [0, 0.05) is 0 Å². The van der Waals surface area contributed by atoms with Crippen LogP contribution in [0.3, 0.4) is 0 Å². The van der Waals surface area contributed by atoms with E-state index in [2.05, 4.69) is 0 Å². The van der Waals surface area contributed by atoms with E-state index in [4.69, 9.17) is 22.1 Å². The lowest BCUT2D eigenvalue weighted by Gasteiger charge is -2.07. The molecule has 0 fully saturated rings. The van der Waals surface area contributed by atoms with Gasteiger partial charge < -0.3 is 10.5 Å². The number of hydrogen-bond acceptors (Lipinski definition) is 2. The minimum atomic E-state index is -0.708. The molecule has 0 aromatic carbocycles. The lowest BCUT2D eigenvalue weighted by Crippen LogP contribution is -2.08. The maximum absolute atomic E-state index is 8.91. The highest BCUT2D eigenvalue weighted by molar-refractivity contribution is 6.32. The summed E-state index contributed by atoms with van der Waals surface area (Å²) in [4.78, 5) is 0. The first-order valence-corrected chi connectivity index (χ1v) is 2.90. The van der Waals surface area contributed by atoms with Crippen molar-refractivity contribution < 1.29 is 5.11 Å². The van der Waals surface area contributed by atoms with Gasteiger partial charge in [0.1, 0.15) is 6.10 Å². The topological polar surface area (TPSA) is 44.1 Å². The number of allylic oxidation sites excluding steroid dienone is 2. The molecule has 0 aliphatic heterocycles. The highest BCUT2D eigenvalue weighted by Gasteiger charge is 2.08. The summed E-state index contributed by atoms with van der Waals surface area (Å²) in [5.74, 6) is 0. The first-order chi connectivity index (χ1) is 4.20. The Labute approximate surface area is 58.0 Å². The molecule has 0 aromatic rings. The van der Waals surface area contributed by atoms with Crippen molar-refractivity contribution >= 4 is 17.3 Å². The SMILES string of the molecule is N=C1C=CC(O)C(Cl)=C1. The molecule has 9 heavy (non-hydrogen) atoms. The molecular formula is C6H6ClNO. The van der Waals surface area contributed by atoms with Crippen molar-refractivity contribution in [1.82, 2.24) is 0 Å². The van der Waals surface area contributed by atoms with Gasteiger partial charge in [-0.25, -0.2) is 0 Å². The third kappa shape index (κ3) is 1.40. The summed E-state index contributed by atoms with van der Waals surface area (Å²) in [6, 6.07) is 0. The minimum Gasteiger partial charge on any atom is -0.383 e.